The Morgan fingerprint density at radius 2 is 2.29 bits per heavy atom. The number of hydrogen-bond donors (Lipinski definition) is 2. The highest BCUT2D eigenvalue weighted by atomic mass is 16.4. The van der Waals surface area contributed by atoms with Crippen LogP contribution in [0.4, 0.5) is 0 Å². The van der Waals surface area contributed by atoms with Gasteiger partial charge in [-0.25, -0.2) is 0 Å². The molecule has 0 radical (unpaired) electrons. The molecule has 0 aromatic rings. The number of rotatable bonds is 2. The first kappa shape index (κ1) is 6.43. The summed E-state index contributed by atoms with van der Waals surface area (Å²) in [4.78, 5) is 9.77. The predicted molar refractivity (Wildman–Crippen MR) is 23.9 cm³/mol. The van der Waals surface area contributed by atoms with Gasteiger partial charge in [-0.05, 0) is 6.92 Å². The summed E-state index contributed by atoms with van der Waals surface area (Å²) < 4.78 is 0. The second-order valence-electron chi connectivity index (χ2n) is 1.42. The molecule has 0 heterocycles. The summed E-state index contributed by atoms with van der Waals surface area (Å²) in [7, 11) is 0. The van der Waals surface area contributed by atoms with Crippen molar-refractivity contribution in [3.63, 3.8) is 0 Å². The fourth-order valence-corrected chi connectivity index (χ4v) is 0.0781. The van der Waals surface area contributed by atoms with Crippen LogP contribution in [0.3, 0.4) is 0 Å². The lowest BCUT2D eigenvalue weighted by Gasteiger charge is -1.95. The summed E-state index contributed by atoms with van der Waals surface area (Å²) in [5.74, 6) is -1.58. The highest BCUT2D eigenvalue weighted by molar-refractivity contribution is 5.69. The summed E-state index contributed by atoms with van der Waals surface area (Å²) in [6.45, 7) is 1.16. The van der Waals surface area contributed by atoms with Crippen LogP contribution in [0.5, 0.6) is 0 Å². The van der Waals surface area contributed by atoms with Crippen molar-refractivity contribution < 1.29 is 15.0 Å². The van der Waals surface area contributed by atoms with Crippen LogP contribution in [0.2, 0.25) is 0 Å². The zero-order valence-electron chi connectivity index (χ0n) is 4.09. The van der Waals surface area contributed by atoms with Crippen LogP contribution in [-0.2, 0) is 4.79 Å². The van der Waals surface area contributed by atoms with Crippen molar-refractivity contribution in [1.29, 1.82) is 0 Å². The first-order valence-corrected chi connectivity index (χ1v) is 2.02. The van der Waals surface area contributed by atoms with E-state index >= 15 is 0 Å². The molecule has 0 fully saturated rings. The molecule has 0 rings (SSSR count). The molecule has 0 aliphatic rings. The van der Waals surface area contributed by atoms with Gasteiger partial charge in [-0.1, -0.05) is 0 Å². The predicted octanol–water partition coefficient (Wildman–Crippen LogP) is -0.301. The summed E-state index contributed by atoms with van der Waals surface area (Å²) in [6, 6.07) is 0. The minimum atomic E-state index is -0.956. The van der Waals surface area contributed by atoms with Gasteiger partial charge < -0.3 is 10.2 Å². The van der Waals surface area contributed by atoms with Crippen molar-refractivity contribution in [1.82, 2.24) is 0 Å². The van der Waals surface area contributed by atoms with Crippen LogP contribution in [0, 0.1) is 5.92 Å². The van der Waals surface area contributed by atoms with E-state index in [0.29, 0.717) is 0 Å². The lowest BCUT2D eigenvalue weighted by molar-refractivity contribution is -0.142. The molecule has 1 unspecified atom stereocenters. The van der Waals surface area contributed by atoms with Crippen LogP contribution in [0.1, 0.15) is 6.92 Å². The average molecular weight is 104 g/mol. The molecule has 0 saturated heterocycles. The molecule has 3 nitrogen and oxygen atoms in total. The van der Waals surface area contributed by atoms with E-state index in [1.807, 2.05) is 0 Å². The monoisotopic (exact) mass is 104 g/mol. The van der Waals surface area contributed by atoms with Crippen molar-refractivity contribution in [2.75, 3.05) is 6.61 Å². The number of carboxylic acid groups (broad SMARTS) is 1. The van der Waals surface area contributed by atoms with Crippen LogP contribution in [0.15, 0.2) is 0 Å². The van der Waals surface area contributed by atoms with Crippen LogP contribution in [0.25, 0.3) is 0 Å². The Balaban J connectivity index is 3.34. The molecule has 0 aromatic carbocycles. The Morgan fingerprint density at radius 3 is 2.29 bits per heavy atom. The molecule has 3 heteroatoms. The molecule has 0 aromatic heterocycles. The molecule has 2 N–H and O–H groups in total. The first-order chi connectivity index (χ1) is 3.18. The van der Waals surface area contributed by atoms with Gasteiger partial charge in [0.05, 0.1) is 12.5 Å². The second kappa shape index (κ2) is 2.58. The quantitative estimate of drug-likeness (QED) is 0.505. The molecule has 42 valence electrons. The van der Waals surface area contributed by atoms with E-state index in [-0.39, 0.29) is 6.61 Å². The SMILES string of the molecule is CC(CO)C(=O)O. The number of carboxylic acids is 1. The van der Waals surface area contributed by atoms with Crippen LogP contribution >= 0.6 is 0 Å². The molecule has 0 aliphatic carbocycles. The highest BCUT2D eigenvalue weighted by Crippen LogP contribution is 1.88. The number of carbonyl (C=O) groups is 1. The third-order valence-corrected chi connectivity index (χ3v) is 0.695. The Hall–Kier alpha value is -0.570. The molecule has 0 amide bonds. The van der Waals surface area contributed by atoms with E-state index in [1.165, 1.54) is 6.92 Å². The minimum Gasteiger partial charge on any atom is -0.481 e. The Bertz CT molecular complexity index is 69.3. The van der Waals surface area contributed by atoms with E-state index in [0.717, 1.165) is 0 Å². The zero-order valence-corrected chi connectivity index (χ0v) is 4.09. The van der Waals surface area contributed by atoms with Gasteiger partial charge in [0.25, 0.3) is 0 Å². The van der Waals surface area contributed by atoms with Gasteiger partial charge in [-0.3, -0.25) is 4.79 Å². The summed E-state index contributed by atoms with van der Waals surface area (Å²) in [6.07, 6.45) is 0. The Kier molecular flexibility index (Phi) is 2.37. The maximum atomic E-state index is 9.77. The maximum absolute atomic E-state index is 9.77. The molecule has 0 saturated carbocycles. The molecule has 1 atom stereocenters. The van der Waals surface area contributed by atoms with Gasteiger partial charge in [0.2, 0.25) is 0 Å². The van der Waals surface area contributed by atoms with E-state index in [9.17, 15) is 4.79 Å². The van der Waals surface area contributed by atoms with Crippen molar-refractivity contribution in [3.05, 3.63) is 0 Å². The molecular weight excluding hydrogens is 96.0 g/mol. The fourth-order valence-electron chi connectivity index (χ4n) is 0.0781. The van der Waals surface area contributed by atoms with Crippen molar-refractivity contribution >= 4 is 5.97 Å². The summed E-state index contributed by atoms with van der Waals surface area (Å²) in [5.41, 5.74) is 0. The van der Waals surface area contributed by atoms with Crippen LogP contribution in [-0.4, -0.2) is 22.8 Å². The largest absolute Gasteiger partial charge is 0.481 e. The number of aliphatic carboxylic acids is 1. The third kappa shape index (κ3) is 2.17. The number of hydrogen-bond acceptors (Lipinski definition) is 2. The molecule has 0 spiro atoms. The standard InChI is InChI=1S/C4H8O3/c1-3(2-5)4(6)7/h3,5H,2H2,1H3,(H,6,7). The van der Waals surface area contributed by atoms with Gasteiger partial charge >= 0.3 is 5.97 Å². The zero-order chi connectivity index (χ0) is 5.86. The number of aliphatic hydroxyl groups is 1. The number of aliphatic hydroxyl groups excluding tert-OH is 1. The fraction of sp³-hybridized carbons (Fsp3) is 0.750. The topological polar surface area (TPSA) is 57.5 Å². The average Bonchev–Trinajstić information content (AvgIpc) is 1.65. The first-order valence-electron chi connectivity index (χ1n) is 2.02. The van der Waals surface area contributed by atoms with Crippen molar-refractivity contribution in [2.45, 2.75) is 6.92 Å². The lowest BCUT2D eigenvalue weighted by atomic mass is 10.2. The normalized spacial score (nSPS) is 13.4. The van der Waals surface area contributed by atoms with E-state index in [4.69, 9.17) is 10.2 Å². The summed E-state index contributed by atoms with van der Waals surface area (Å²) >= 11 is 0. The van der Waals surface area contributed by atoms with E-state index < -0.39 is 11.9 Å². The molecule has 0 bridgehead atoms. The molecular formula is C4H8O3. The van der Waals surface area contributed by atoms with Gasteiger partial charge in [-0.15, -0.1) is 0 Å². The maximum Gasteiger partial charge on any atom is 0.308 e. The van der Waals surface area contributed by atoms with Crippen LogP contribution < -0.4 is 0 Å². The lowest BCUT2D eigenvalue weighted by Crippen LogP contribution is -2.12. The van der Waals surface area contributed by atoms with Gasteiger partial charge in [0.1, 0.15) is 0 Å². The highest BCUT2D eigenvalue weighted by Gasteiger charge is 2.06. The minimum absolute atomic E-state index is 0.282. The molecule has 7 heavy (non-hydrogen) atoms. The van der Waals surface area contributed by atoms with Crippen molar-refractivity contribution in [3.8, 4) is 0 Å². The van der Waals surface area contributed by atoms with E-state index in [2.05, 4.69) is 0 Å². The van der Waals surface area contributed by atoms with Gasteiger partial charge in [-0.2, -0.15) is 0 Å². The van der Waals surface area contributed by atoms with Gasteiger partial charge in [0, 0.05) is 0 Å². The third-order valence-electron chi connectivity index (χ3n) is 0.695. The summed E-state index contributed by atoms with van der Waals surface area (Å²) in [5, 5.41) is 16.1. The second-order valence-corrected chi connectivity index (χ2v) is 1.42. The van der Waals surface area contributed by atoms with Crippen molar-refractivity contribution in [2.24, 2.45) is 5.92 Å². The van der Waals surface area contributed by atoms with E-state index in [1.54, 1.807) is 0 Å². The van der Waals surface area contributed by atoms with Gasteiger partial charge in [0.15, 0.2) is 0 Å². The molecule has 0 aliphatic heterocycles. The Labute approximate surface area is 41.6 Å². The smallest absolute Gasteiger partial charge is 0.308 e. The Morgan fingerprint density at radius 1 is 1.86 bits per heavy atom.